The van der Waals surface area contributed by atoms with E-state index >= 15 is 0 Å². The summed E-state index contributed by atoms with van der Waals surface area (Å²) < 4.78 is 0. The highest BCUT2D eigenvalue weighted by molar-refractivity contribution is 5.91. The number of aliphatic hydroxyl groups is 1. The number of unbranched alkanes of at least 4 members (excludes halogenated alkanes) is 8. The van der Waals surface area contributed by atoms with Gasteiger partial charge in [0.15, 0.2) is 0 Å². The number of carbonyl (C=O) groups excluding carboxylic acids is 1. The number of nitrogens with two attached hydrogens (primary N) is 1. The van der Waals surface area contributed by atoms with Crippen molar-refractivity contribution in [2.24, 2.45) is 5.73 Å². The summed E-state index contributed by atoms with van der Waals surface area (Å²) in [6.45, 7) is 2.09. The molecule has 3 heteroatoms. The molecule has 0 atom stereocenters. The maximum atomic E-state index is 10.7. The second-order valence-corrected chi connectivity index (χ2v) is 4.59. The van der Waals surface area contributed by atoms with E-state index in [1.165, 1.54) is 32.1 Å². The zero-order chi connectivity index (χ0) is 12.9. The van der Waals surface area contributed by atoms with Crippen molar-refractivity contribution in [2.75, 3.05) is 6.61 Å². The van der Waals surface area contributed by atoms with Gasteiger partial charge in [-0.2, -0.15) is 0 Å². The first-order chi connectivity index (χ1) is 8.18. The Kier molecular flexibility index (Phi) is 11.1. The number of aliphatic hydroxyl groups excluding tert-OH is 1. The van der Waals surface area contributed by atoms with Gasteiger partial charge in [0.25, 0.3) is 0 Å². The van der Waals surface area contributed by atoms with E-state index in [-0.39, 0.29) is 5.91 Å². The van der Waals surface area contributed by atoms with Gasteiger partial charge in [-0.1, -0.05) is 44.6 Å². The molecule has 0 aliphatic heterocycles. The summed E-state index contributed by atoms with van der Waals surface area (Å²) in [7, 11) is 0. The van der Waals surface area contributed by atoms with Crippen LogP contribution in [0.4, 0.5) is 0 Å². The Labute approximate surface area is 105 Å². The Bertz CT molecular complexity index is 224. The molecule has 0 saturated heterocycles. The number of primary amides is 1. The molecule has 0 aromatic heterocycles. The molecule has 1 amide bonds. The van der Waals surface area contributed by atoms with Gasteiger partial charge in [0.2, 0.25) is 5.91 Å². The fraction of sp³-hybridized carbons (Fsp3) is 0.786. The number of amides is 1. The summed E-state index contributed by atoms with van der Waals surface area (Å²) >= 11 is 0. The van der Waals surface area contributed by atoms with Gasteiger partial charge in [0, 0.05) is 12.2 Å². The molecule has 3 N–H and O–H groups in total. The zero-order valence-electron chi connectivity index (χ0n) is 11.1. The van der Waals surface area contributed by atoms with Gasteiger partial charge >= 0.3 is 0 Å². The molecule has 0 heterocycles. The molecule has 0 saturated carbocycles. The summed E-state index contributed by atoms with van der Waals surface area (Å²) in [5.74, 6) is -0.311. The molecular weight excluding hydrogens is 214 g/mol. The molecule has 0 bridgehead atoms. The Balaban J connectivity index is 3.19. The molecule has 0 aliphatic carbocycles. The summed E-state index contributed by atoms with van der Waals surface area (Å²) in [6.07, 6.45) is 12.4. The second-order valence-electron chi connectivity index (χ2n) is 4.59. The van der Waals surface area contributed by atoms with E-state index in [0.29, 0.717) is 12.2 Å². The summed E-state index contributed by atoms with van der Waals surface area (Å²) in [6, 6.07) is 0. The lowest BCUT2D eigenvalue weighted by Crippen LogP contribution is -2.11. The number of hydrogen-bond acceptors (Lipinski definition) is 2. The van der Waals surface area contributed by atoms with E-state index in [9.17, 15) is 4.79 Å². The first kappa shape index (κ1) is 16.2. The van der Waals surface area contributed by atoms with Gasteiger partial charge in [-0.05, 0) is 26.2 Å². The molecule has 0 aromatic carbocycles. The number of carbonyl (C=O) groups is 1. The Morgan fingerprint density at radius 1 is 1.00 bits per heavy atom. The number of rotatable bonds is 11. The van der Waals surface area contributed by atoms with Crippen molar-refractivity contribution in [3.8, 4) is 0 Å². The lowest BCUT2D eigenvalue weighted by Gasteiger charge is -2.01. The first-order valence-corrected chi connectivity index (χ1v) is 6.76. The maximum Gasteiger partial charge on any atom is 0.244 e. The van der Waals surface area contributed by atoms with Gasteiger partial charge in [-0.15, -0.1) is 0 Å². The second kappa shape index (κ2) is 11.6. The van der Waals surface area contributed by atoms with Crippen LogP contribution >= 0.6 is 0 Å². The van der Waals surface area contributed by atoms with E-state index in [0.717, 1.165) is 25.7 Å². The quantitative estimate of drug-likeness (QED) is 0.431. The van der Waals surface area contributed by atoms with Crippen LogP contribution in [0.2, 0.25) is 0 Å². The predicted molar refractivity (Wildman–Crippen MR) is 71.6 cm³/mol. The van der Waals surface area contributed by atoms with Crippen LogP contribution in [0.1, 0.15) is 64.7 Å². The Morgan fingerprint density at radius 2 is 1.47 bits per heavy atom. The molecule has 0 rings (SSSR count). The van der Waals surface area contributed by atoms with Crippen LogP contribution in [0.5, 0.6) is 0 Å². The van der Waals surface area contributed by atoms with E-state index in [4.69, 9.17) is 10.8 Å². The Morgan fingerprint density at radius 3 is 1.94 bits per heavy atom. The smallest absolute Gasteiger partial charge is 0.244 e. The number of hydrogen-bond donors (Lipinski definition) is 2. The fourth-order valence-electron chi connectivity index (χ4n) is 1.74. The average molecular weight is 241 g/mol. The predicted octanol–water partition coefficient (Wildman–Crippen LogP) is 2.92. The molecule has 0 aromatic rings. The van der Waals surface area contributed by atoms with E-state index in [2.05, 4.69) is 0 Å². The van der Waals surface area contributed by atoms with Crippen molar-refractivity contribution in [3.05, 3.63) is 11.6 Å². The minimum atomic E-state index is -0.311. The van der Waals surface area contributed by atoms with Gasteiger partial charge in [0.05, 0.1) is 0 Å². The monoisotopic (exact) mass is 241 g/mol. The molecule has 0 aliphatic rings. The normalized spacial score (nSPS) is 11.8. The highest BCUT2D eigenvalue weighted by Gasteiger charge is 1.95. The van der Waals surface area contributed by atoms with Crippen LogP contribution in [0.15, 0.2) is 11.6 Å². The van der Waals surface area contributed by atoms with Crippen LogP contribution in [-0.4, -0.2) is 17.6 Å². The van der Waals surface area contributed by atoms with Crippen LogP contribution in [0.25, 0.3) is 0 Å². The molecular formula is C14H27NO2. The van der Waals surface area contributed by atoms with Crippen molar-refractivity contribution < 1.29 is 9.90 Å². The largest absolute Gasteiger partial charge is 0.396 e. The molecule has 0 fully saturated rings. The minimum absolute atomic E-state index is 0.311. The van der Waals surface area contributed by atoms with E-state index in [1.54, 1.807) is 6.92 Å². The summed E-state index contributed by atoms with van der Waals surface area (Å²) in [5.41, 5.74) is 5.81. The van der Waals surface area contributed by atoms with Crippen molar-refractivity contribution in [1.29, 1.82) is 0 Å². The highest BCUT2D eigenvalue weighted by atomic mass is 16.2. The van der Waals surface area contributed by atoms with Gasteiger partial charge in [-0.25, -0.2) is 0 Å². The van der Waals surface area contributed by atoms with Crippen LogP contribution < -0.4 is 5.73 Å². The minimum Gasteiger partial charge on any atom is -0.396 e. The lowest BCUT2D eigenvalue weighted by molar-refractivity contribution is -0.114. The summed E-state index contributed by atoms with van der Waals surface area (Å²) in [5, 5.41) is 8.61. The standard InChI is InChI=1S/C14H27NO2/c1-13(14(15)17)11-9-7-5-3-2-4-6-8-10-12-16/h11,16H,2-10,12H2,1H3,(H2,15,17)/b13-11+. The van der Waals surface area contributed by atoms with Crippen molar-refractivity contribution >= 4 is 5.91 Å². The maximum absolute atomic E-state index is 10.7. The van der Waals surface area contributed by atoms with Crippen LogP contribution in [0, 0.1) is 0 Å². The van der Waals surface area contributed by atoms with Crippen LogP contribution in [0.3, 0.4) is 0 Å². The van der Waals surface area contributed by atoms with Crippen molar-refractivity contribution in [2.45, 2.75) is 64.7 Å². The highest BCUT2D eigenvalue weighted by Crippen LogP contribution is 2.10. The third-order valence-corrected chi connectivity index (χ3v) is 2.95. The third kappa shape index (κ3) is 11.4. The first-order valence-electron chi connectivity index (χ1n) is 6.76. The third-order valence-electron chi connectivity index (χ3n) is 2.95. The van der Waals surface area contributed by atoms with E-state index in [1.807, 2.05) is 6.08 Å². The molecule has 0 radical (unpaired) electrons. The molecule has 3 nitrogen and oxygen atoms in total. The van der Waals surface area contributed by atoms with Crippen LogP contribution in [-0.2, 0) is 4.79 Å². The lowest BCUT2D eigenvalue weighted by atomic mass is 10.1. The molecule has 17 heavy (non-hydrogen) atoms. The number of allylic oxidation sites excluding steroid dienone is 1. The fourth-order valence-corrected chi connectivity index (χ4v) is 1.74. The zero-order valence-corrected chi connectivity index (χ0v) is 11.1. The van der Waals surface area contributed by atoms with Gasteiger partial charge in [0.1, 0.15) is 0 Å². The van der Waals surface area contributed by atoms with Gasteiger partial charge in [-0.3, -0.25) is 4.79 Å². The SMILES string of the molecule is C/C(=C\CCCCCCCCCCO)C(N)=O. The van der Waals surface area contributed by atoms with E-state index < -0.39 is 0 Å². The Hall–Kier alpha value is -0.830. The van der Waals surface area contributed by atoms with Crippen molar-refractivity contribution in [1.82, 2.24) is 0 Å². The average Bonchev–Trinajstić information content (AvgIpc) is 2.31. The molecule has 0 unspecified atom stereocenters. The summed E-state index contributed by atoms with van der Waals surface area (Å²) in [4.78, 5) is 10.7. The molecule has 0 spiro atoms. The van der Waals surface area contributed by atoms with Crippen molar-refractivity contribution in [3.63, 3.8) is 0 Å². The van der Waals surface area contributed by atoms with Gasteiger partial charge < -0.3 is 10.8 Å². The molecule has 100 valence electrons. The topological polar surface area (TPSA) is 63.3 Å².